The number of carbonyl (C=O) groups excluding carboxylic acids is 1. The van der Waals surface area contributed by atoms with E-state index in [1.165, 1.54) is 12.1 Å². The third-order valence-corrected chi connectivity index (χ3v) is 3.58. The number of carbonyl (C=O) groups is 1. The molecule has 0 aliphatic carbocycles. The number of halogens is 3. The molecule has 0 spiro atoms. The molecule has 134 valence electrons. The van der Waals surface area contributed by atoms with Crippen molar-refractivity contribution in [1.82, 2.24) is 0 Å². The second-order valence-corrected chi connectivity index (χ2v) is 5.51. The van der Waals surface area contributed by atoms with Gasteiger partial charge in [-0.25, -0.2) is 4.79 Å². The van der Waals surface area contributed by atoms with Crippen molar-refractivity contribution in [3.8, 4) is 5.75 Å². The Balaban J connectivity index is 2.34. The molecule has 0 aromatic heterocycles. The average Bonchev–Trinajstić information content (AvgIpc) is 2.53. The minimum absolute atomic E-state index is 0.132. The zero-order chi connectivity index (χ0) is 18.6. The predicted molar refractivity (Wildman–Crippen MR) is 87.7 cm³/mol. The first kappa shape index (κ1) is 18.6. The first-order valence-electron chi connectivity index (χ1n) is 7.46. The monoisotopic (exact) mass is 353 g/mol. The lowest BCUT2D eigenvalue weighted by molar-refractivity contribution is -0.137. The number of para-hydroxylation sites is 1. The number of alkyl halides is 3. The Morgan fingerprint density at radius 1 is 1.16 bits per heavy atom. The molecule has 0 heterocycles. The molecule has 2 aromatic carbocycles. The van der Waals surface area contributed by atoms with Crippen molar-refractivity contribution < 1.29 is 27.4 Å². The number of aryl methyl sites for hydroxylation is 2. The summed E-state index contributed by atoms with van der Waals surface area (Å²) < 4.78 is 49.7. The molecule has 0 radical (unpaired) electrons. The fourth-order valence-electron chi connectivity index (χ4n) is 2.37. The van der Waals surface area contributed by atoms with Crippen LogP contribution in [0.1, 0.15) is 22.3 Å². The molecule has 0 fully saturated rings. The van der Waals surface area contributed by atoms with Gasteiger partial charge in [0, 0.05) is 5.56 Å². The van der Waals surface area contributed by atoms with Crippen LogP contribution in [0, 0.1) is 13.8 Å². The van der Waals surface area contributed by atoms with Gasteiger partial charge in [-0.1, -0.05) is 29.8 Å². The fourth-order valence-corrected chi connectivity index (χ4v) is 2.37. The van der Waals surface area contributed by atoms with Gasteiger partial charge in [0.25, 0.3) is 0 Å². The SMILES string of the molecule is COC(=O)Nc1c(COc2ccc(C)cc2C)cccc1C(F)(F)F. The first-order chi connectivity index (χ1) is 11.7. The molecule has 1 N–H and O–H groups in total. The molecule has 2 aromatic rings. The standard InChI is InChI=1S/C18H18F3NO3/c1-11-7-8-15(12(2)9-11)25-10-13-5-4-6-14(18(19,20)21)16(13)22-17(23)24-3/h4-9H,10H2,1-3H3,(H,22,23). The molecule has 0 saturated heterocycles. The highest BCUT2D eigenvalue weighted by molar-refractivity contribution is 5.87. The van der Waals surface area contributed by atoms with E-state index in [2.05, 4.69) is 10.1 Å². The zero-order valence-corrected chi connectivity index (χ0v) is 14.0. The Bertz CT molecular complexity index is 773. The number of anilines is 1. The number of hydrogen-bond acceptors (Lipinski definition) is 3. The van der Waals surface area contributed by atoms with E-state index in [-0.39, 0.29) is 17.9 Å². The van der Waals surface area contributed by atoms with Gasteiger partial charge >= 0.3 is 12.3 Å². The van der Waals surface area contributed by atoms with Crippen LogP contribution in [0.5, 0.6) is 5.75 Å². The molecule has 4 nitrogen and oxygen atoms in total. The Hall–Kier alpha value is -2.70. The lowest BCUT2D eigenvalue weighted by Crippen LogP contribution is -2.18. The van der Waals surface area contributed by atoms with Crippen LogP contribution < -0.4 is 10.1 Å². The average molecular weight is 353 g/mol. The van der Waals surface area contributed by atoms with Gasteiger partial charge < -0.3 is 9.47 Å². The normalized spacial score (nSPS) is 11.1. The van der Waals surface area contributed by atoms with Crippen molar-refractivity contribution >= 4 is 11.8 Å². The van der Waals surface area contributed by atoms with Crippen molar-refractivity contribution in [2.45, 2.75) is 26.6 Å². The van der Waals surface area contributed by atoms with Crippen LogP contribution in [0.3, 0.4) is 0 Å². The van der Waals surface area contributed by atoms with Crippen LogP contribution in [0.2, 0.25) is 0 Å². The van der Waals surface area contributed by atoms with Gasteiger partial charge in [0.05, 0.1) is 18.4 Å². The van der Waals surface area contributed by atoms with Crippen LogP contribution in [0.4, 0.5) is 23.7 Å². The Morgan fingerprint density at radius 2 is 1.88 bits per heavy atom. The number of methoxy groups -OCH3 is 1. The summed E-state index contributed by atoms with van der Waals surface area (Å²) in [5, 5.41) is 2.13. The van der Waals surface area contributed by atoms with Gasteiger partial charge in [0.15, 0.2) is 0 Å². The summed E-state index contributed by atoms with van der Waals surface area (Å²) in [7, 11) is 1.08. The maximum Gasteiger partial charge on any atom is 0.418 e. The number of hydrogen-bond donors (Lipinski definition) is 1. The molecule has 25 heavy (non-hydrogen) atoms. The zero-order valence-electron chi connectivity index (χ0n) is 14.0. The van der Waals surface area contributed by atoms with E-state index in [0.717, 1.165) is 24.3 Å². The Labute approximate surface area is 143 Å². The van der Waals surface area contributed by atoms with Crippen LogP contribution >= 0.6 is 0 Å². The quantitative estimate of drug-likeness (QED) is 0.834. The summed E-state index contributed by atoms with van der Waals surface area (Å²) in [4.78, 5) is 11.4. The molecule has 0 atom stereocenters. The molecule has 0 aliphatic heterocycles. The lowest BCUT2D eigenvalue weighted by Gasteiger charge is -2.18. The van der Waals surface area contributed by atoms with E-state index in [1.54, 1.807) is 6.07 Å². The van der Waals surface area contributed by atoms with E-state index >= 15 is 0 Å². The summed E-state index contributed by atoms with van der Waals surface area (Å²) in [5.74, 6) is 0.562. The summed E-state index contributed by atoms with van der Waals surface area (Å²) in [6.07, 6.45) is -5.60. The van der Waals surface area contributed by atoms with Crippen molar-refractivity contribution in [1.29, 1.82) is 0 Å². The van der Waals surface area contributed by atoms with Crippen molar-refractivity contribution in [2.75, 3.05) is 12.4 Å². The van der Waals surface area contributed by atoms with E-state index in [0.29, 0.717) is 5.75 Å². The van der Waals surface area contributed by atoms with Crippen molar-refractivity contribution in [3.63, 3.8) is 0 Å². The van der Waals surface area contributed by atoms with Crippen LogP contribution in [0.25, 0.3) is 0 Å². The predicted octanol–water partition coefficient (Wildman–Crippen LogP) is 5.08. The van der Waals surface area contributed by atoms with Crippen LogP contribution in [-0.2, 0) is 17.5 Å². The number of nitrogens with one attached hydrogen (secondary N) is 1. The van der Waals surface area contributed by atoms with Gasteiger partial charge in [0.1, 0.15) is 12.4 Å². The number of amides is 1. The molecular weight excluding hydrogens is 335 g/mol. The summed E-state index contributed by atoms with van der Waals surface area (Å²) in [5.41, 5.74) is 0.790. The largest absolute Gasteiger partial charge is 0.489 e. The molecule has 0 unspecified atom stereocenters. The molecule has 0 saturated carbocycles. The van der Waals surface area contributed by atoms with Gasteiger partial charge in [0.2, 0.25) is 0 Å². The highest BCUT2D eigenvalue weighted by Crippen LogP contribution is 2.37. The third kappa shape index (κ3) is 4.65. The molecule has 0 bridgehead atoms. The highest BCUT2D eigenvalue weighted by Gasteiger charge is 2.35. The van der Waals surface area contributed by atoms with Gasteiger partial charge in [-0.15, -0.1) is 0 Å². The number of benzene rings is 2. The first-order valence-corrected chi connectivity index (χ1v) is 7.46. The minimum atomic E-state index is -4.62. The second kappa shape index (κ2) is 7.46. The molecule has 7 heteroatoms. The van der Waals surface area contributed by atoms with E-state index in [4.69, 9.17) is 4.74 Å². The molecular formula is C18H18F3NO3. The Morgan fingerprint density at radius 3 is 2.48 bits per heavy atom. The van der Waals surface area contributed by atoms with Crippen molar-refractivity contribution in [2.24, 2.45) is 0 Å². The van der Waals surface area contributed by atoms with Gasteiger partial charge in [-0.05, 0) is 31.5 Å². The van der Waals surface area contributed by atoms with Crippen molar-refractivity contribution in [3.05, 3.63) is 58.7 Å². The number of rotatable bonds is 4. The number of ether oxygens (including phenoxy) is 2. The van der Waals surface area contributed by atoms with Crippen LogP contribution in [-0.4, -0.2) is 13.2 Å². The topological polar surface area (TPSA) is 47.6 Å². The molecule has 0 aliphatic rings. The lowest BCUT2D eigenvalue weighted by atomic mass is 10.1. The fraction of sp³-hybridized carbons (Fsp3) is 0.278. The van der Waals surface area contributed by atoms with E-state index < -0.39 is 17.8 Å². The third-order valence-electron chi connectivity index (χ3n) is 3.58. The summed E-state index contributed by atoms with van der Waals surface area (Å²) in [6.45, 7) is 3.65. The summed E-state index contributed by atoms with van der Waals surface area (Å²) in [6, 6.07) is 9.14. The molecule has 2 rings (SSSR count). The second-order valence-electron chi connectivity index (χ2n) is 5.51. The van der Waals surface area contributed by atoms with E-state index in [9.17, 15) is 18.0 Å². The van der Waals surface area contributed by atoms with E-state index in [1.807, 2.05) is 26.0 Å². The minimum Gasteiger partial charge on any atom is -0.489 e. The molecule has 1 amide bonds. The smallest absolute Gasteiger partial charge is 0.418 e. The Kier molecular flexibility index (Phi) is 5.56. The van der Waals surface area contributed by atoms with Crippen LogP contribution in [0.15, 0.2) is 36.4 Å². The van der Waals surface area contributed by atoms with Gasteiger partial charge in [-0.3, -0.25) is 5.32 Å². The maximum absolute atomic E-state index is 13.2. The summed E-state index contributed by atoms with van der Waals surface area (Å²) >= 11 is 0. The maximum atomic E-state index is 13.2. The van der Waals surface area contributed by atoms with Gasteiger partial charge in [-0.2, -0.15) is 13.2 Å². The highest BCUT2D eigenvalue weighted by atomic mass is 19.4.